The van der Waals surface area contributed by atoms with Gasteiger partial charge in [-0.1, -0.05) is 11.6 Å². The van der Waals surface area contributed by atoms with E-state index in [2.05, 4.69) is 5.32 Å². The molecule has 0 spiro atoms. The van der Waals surface area contributed by atoms with Crippen LogP contribution in [-0.2, 0) is 10.8 Å². The van der Waals surface area contributed by atoms with Gasteiger partial charge < -0.3 is 11.1 Å². The van der Waals surface area contributed by atoms with Gasteiger partial charge in [-0.2, -0.15) is 0 Å². The highest BCUT2D eigenvalue weighted by Crippen LogP contribution is 2.17. The van der Waals surface area contributed by atoms with Crippen molar-refractivity contribution in [1.29, 1.82) is 0 Å². The molecular weight excluding hydrogens is 260 g/mol. The van der Waals surface area contributed by atoms with Gasteiger partial charge in [-0.15, -0.1) is 0 Å². The molecule has 2 atom stereocenters. The number of rotatable bonds is 4. The first-order valence-electron chi connectivity index (χ1n) is 5.07. The van der Waals surface area contributed by atoms with E-state index < -0.39 is 10.8 Å². The normalized spacial score (nSPS) is 14.1. The summed E-state index contributed by atoms with van der Waals surface area (Å²) in [5.41, 5.74) is 6.40. The molecule has 0 saturated carbocycles. The lowest BCUT2D eigenvalue weighted by molar-refractivity contribution is 0.0955. The maximum atomic E-state index is 11.8. The molecule has 0 heterocycles. The molecule has 94 valence electrons. The van der Waals surface area contributed by atoms with Gasteiger partial charge >= 0.3 is 0 Å². The number of amides is 1. The Morgan fingerprint density at radius 2 is 2.24 bits per heavy atom. The molecule has 1 aromatic carbocycles. The number of nitrogens with two attached hydrogens (primary N) is 1. The Labute approximate surface area is 108 Å². The second-order valence-electron chi connectivity index (χ2n) is 3.75. The van der Waals surface area contributed by atoms with Crippen molar-refractivity contribution >= 4 is 34.0 Å². The van der Waals surface area contributed by atoms with Crippen LogP contribution in [-0.4, -0.2) is 28.2 Å². The van der Waals surface area contributed by atoms with E-state index in [-0.39, 0.29) is 11.2 Å². The summed E-state index contributed by atoms with van der Waals surface area (Å²) in [4.78, 5) is 11.8. The van der Waals surface area contributed by atoms with Crippen LogP contribution in [0.4, 0.5) is 5.69 Å². The van der Waals surface area contributed by atoms with E-state index in [9.17, 15) is 9.00 Å². The molecule has 0 aliphatic rings. The van der Waals surface area contributed by atoms with Gasteiger partial charge in [0.1, 0.15) is 0 Å². The van der Waals surface area contributed by atoms with Crippen LogP contribution < -0.4 is 11.1 Å². The lowest BCUT2D eigenvalue weighted by Crippen LogP contribution is -2.32. The number of hydrogen-bond acceptors (Lipinski definition) is 3. The third kappa shape index (κ3) is 4.02. The monoisotopic (exact) mass is 274 g/mol. The van der Waals surface area contributed by atoms with Crippen molar-refractivity contribution in [3.63, 3.8) is 0 Å². The van der Waals surface area contributed by atoms with E-state index in [1.54, 1.807) is 18.4 Å². The van der Waals surface area contributed by atoms with Gasteiger partial charge in [0.05, 0.1) is 5.56 Å². The first kappa shape index (κ1) is 14.0. The largest absolute Gasteiger partial charge is 0.398 e. The van der Waals surface area contributed by atoms with Crippen molar-refractivity contribution < 1.29 is 9.00 Å². The van der Waals surface area contributed by atoms with Crippen molar-refractivity contribution in [3.8, 4) is 0 Å². The summed E-state index contributed by atoms with van der Waals surface area (Å²) in [5.74, 6) is -0.281. The van der Waals surface area contributed by atoms with Crippen LogP contribution in [0.25, 0.3) is 0 Å². The first-order chi connectivity index (χ1) is 7.91. The Kier molecular flexibility index (Phi) is 4.96. The van der Waals surface area contributed by atoms with Crippen LogP contribution in [0.15, 0.2) is 18.2 Å². The highest BCUT2D eigenvalue weighted by Gasteiger charge is 2.12. The molecule has 3 N–H and O–H groups in total. The number of carbonyl (C=O) groups is 1. The molecule has 4 nitrogen and oxygen atoms in total. The van der Waals surface area contributed by atoms with Crippen molar-refractivity contribution in [2.24, 2.45) is 0 Å². The van der Waals surface area contributed by atoms with Crippen LogP contribution in [0, 0.1) is 0 Å². The number of hydrogen-bond donors (Lipinski definition) is 2. The van der Waals surface area contributed by atoms with Gasteiger partial charge in [0, 0.05) is 39.6 Å². The average molecular weight is 275 g/mol. The smallest absolute Gasteiger partial charge is 0.253 e. The Hall–Kier alpha value is -1.07. The molecular formula is C11H15ClN2O2S. The third-order valence-electron chi connectivity index (χ3n) is 2.37. The van der Waals surface area contributed by atoms with Gasteiger partial charge in [-0.3, -0.25) is 9.00 Å². The lowest BCUT2D eigenvalue weighted by atomic mass is 10.1. The van der Waals surface area contributed by atoms with Gasteiger partial charge in [-0.25, -0.2) is 0 Å². The molecule has 1 amide bonds. The van der Waals surface area contributed by atoms with Gasteiger partial charge in [0.25, 0.3) is 5.91 Å². The van der Waals surface area contributed by atoms with Crippen molar-refractivity contribution in [3.05, 3.63) is 28.8 Å². The molecule has 0 saturated heterocycles. The predicted octanol–water partition coefficient (Wildman–Crippen LogP) is 1.42. The van der Waals surface area contributed by atoms with E-state index in [4.69, 9.17) is 17.3 Å². The topological polar surface area (TPSA) is 72.2 Å². The Morgan fingerprint density at radius 3 is 2.76 bits per heavy atom. The number of benzene rings is 1. The van der Waals surface area contributed by atoms with Crippen LogP contribution >= 0.6 is 11.6 Å². The fourth-order valence-electron chi connectivity index (χ4n) is 1.19. The summed E-state index contributed by atoms with van der Waals surface area (Å²) in [6.07, 6.45) is 1.60. The zero-order chi connectivity index (χ0) is 13.0. The molecule has 1 aromatic rings. The molecule has 2 unspecified atom stereocenters. The van der Waals surface area contributed by atoms with Crippen molar-refractivity contribution in [2.75, 3.05) is 18.5 Å². The van der Waals surface area contributed by atoms with Crippen molar-refractivity contribution in [2.45, 2.75) is 12.2 Å². The molecule has 0 radical (unpaired) electrons. The average Bonchev–Trinajstić information content (AvgIpc) is 2.25. The standard InChI is InChI=1S/C11H15ClN2O2S/c1-7(17(2)16)6-14-11(15)9-4-3-8(12)5-10(9)13/h3-5,7H,6,13H2,1-2H3,(H,14,15). The summed E-state index contributed by atoms with van der Waals surface area (Å²) in [7, 11) is -0.959. The molecule has 17 heavy (non-hydrogen) atoms. The highest BCUT2D eigenvalue weighted by atomic mass is 35.5. The van der Waals surface area contributed by atoms with Crippen LogP contribution in [0.1, 0.15) is 17.3 Å². The molecule has 0 aliphatic carbocycles. The molecule has 0 aliphatic heterocycles. The lowest BCUT2D eigenvalue weighted by Gasteiger charge is -2.11. The summed E-state index contributed by atoms with van der Waals surface area (Å²) >= 11 is 5.74. The third-order valence-corrected chi connectivity index (χ3v) is 3.91. The van der Waals surface area contributed by atoms with E-state index >= 15 is 0 Å². The zero-order valence-electron chi connectivity index (χ0n) is 9.70. The fourth-order valence-corrected chi connectivity index (χ4v) is 1.69. The Bertz CT molecular complexity index is 451. The van der Waals surface area contributed by atoms with Crippen LogP contribution in [0.3, 0.4) is 0 Å². The zero-order valence-corrected chi connectivity index (χ0v) is 11.3. The summed E-state index contributed by atoms with van der Waals surface area (Å²) in [6.45, 7) is 2.16. The second-order valence-corrected chi connectivity index (χ2v) is 5.99. The SMILES string of the molecule is CC(CNC(=O)c1ccc(Cl)cc1N)S(C)=O. The van der Waals surface area contributed by atoms with E-state index in [0.717, 1.165) is 0 Å². The van der Waals surface area contributed by atoms with Gasteiger partial charge in [-0.05, 0) is 25.1 Å². The predicted molar refractivity (Wildman–Crippen MR) is 71.7 cm³/mol. The van der Waals surface area contributed by atoms with Gasteiger partial charge in [0.15, 0.2) is 0 Å². The van der Waals surface area contributed by atoms with Crippen molar-refractivity contribution in [1.82, 2.24) is 5.32 Å². The number of anilines is 1. The Balaban J connectivity index is 2.67. The molecule has 0 aromatic heterocycles. The van der Waals surface area contributed by atoms with Crippen LogP contribution in [0.5, 0.6) is 0 Å². The quantitative estimate of drug-likeness (QED) is 0.816. The minimum absolute atomic E-state index is 0.0903. The van der Waals surface area contributed by atoms with Gasteiger partial charge in [0.2, 0.25) is 0 Å². The summed E-state index contributed by atoms with van der Waals surface area (Å²) < 4.78 is 11.1. The van der Waals surface area contributed by atoms with E-state index in [1.165, 1.54) is 6.07 Å². The summed E-state index contributed by atoms with van der Waals surface area (Å²) in [6, 6.07) is 4.70. The number of nitrogen functional groups attached to an aromatic ring is 1. The molecule has 1 rings (SSSR count). The maximum Gasteiger partial charge on any atom is 0.253 e. The number of nitrogens with one attached hydrogen (secondary N) is 1. The number of carbonyl (C=O) groups excluding carboxylic acids is 1. The molecule has 0 bridgehead atoms. The number of halogens is 1. The Morgan fingerprint density at radius 1 is 1.59 bits per heavy atom. The summed E-state index contributed by atoms with van der Waals surface area (Å²) in [5, 5.41) is 3.08. The first-order valence-corrected chi connectivity index (χ1v) is 7.07. The van der Waals surface area contributed by atoms with E-state index in [1.807, 2.05) is 6.92 Å². The maximum absolute atomic E-state index is 11.8. The minimum atomic E-state index is -0.959. The molecule has 0 fully saturated rings. The minimum Gasteiger partial charge on any atom is -0.398 e. The molecule has 6 heteroatoms. The second kappa shape index (κ2) is 6.02. The van der Waals surface area contributed by atoms with E-state index in [0.29, 0.717) is 22.8 Å². The fraction of sp³-hybridized carbons (Fsp3) is 0.364. The highest BCUT2D eigenvalue weighted by molar-refractivity contribution is 7.84. The van der Waals surface area contributed by atoms with Crippen LogP contribution in [0.2, 0.25) is 5.02 Å².